The van der Waals surface area contributed by atoms with Gasteiger partial charge in [-0.3, -0.25) is 9.59 Å². The topological polar surface area (TPSA) is 92.8 Å². The average Bonchev–Trinajstić information content (AvgIpc) is 3.45. The maximum absolute atomic E-state index is 13.4. The number of nitrogens with zero attached hydrogens (tertiary/aromatic N) is 1. The summed E-state index contributed by atoms with van der Waals surface area (Å²) in [6.07, 6.45) is -2.14. The first-order valence-corrected chi connectivity index (χ1v) is 13.5. The van der Waals surface area contributed by atoms with E-state index in [2.05, 4.69) is 5.32 Å². The van der Waals surface area contributed by atoms with Crippen molar-refractivity contribution in [3.8, 4) is 0 Å². The fourth-order valence-electron chi connectivity index (χ4n) is 5.04. The number of benzene rings is 2. The molecule has 1 saturated carbocycles. The fourth-order valence-corrected chi connectivity index (χ4v) is 5.71. The van der Waals surface area contributed by atoms with Crippen LogP contribution in [-0.4, -0.2) is 56.7 Å². The lowest BCUT2D eigenvalue weighted by atomic mass is 9.90. The van der Waals surface area contributed by atoms with E-state index in [1.807, 2.05) is 0 Å². The predicted octanol–water partition coefficient (Wildman–Crippen LogP) is 3.22. The Labute approximate surface area is 206 Å². The molecular weight excluding hydrogens is 497 g/mol. The van der Waals surface area contributed by atoms with Crippen LogP contribution in [0.1, 0.15) is 40.4 Å². The second-order valence-electron chi connectivity index (χ2n) is 9.73. The molecule has 1 aliphatic carbocycles. The van der Waals surface area contributed by atoms with Crippen LogP contribution >= 0.6 is 0 Å². The van der Waals surface area contributed by atoms with Gasteiger partial charge in [0.05, 0.1) is 29.7 Å². The Hall–Kier alpha value is -2.92. The molecule has 7 nitrogen and oxygen atoms in total. The Morgan fingerprint density at radius 1 is 1.08 bits per heavy atom. The van der Waals surface area contributed by atoms with Gasteiger partial charge < -0.3 is 15.0 Å². The second-order valence-corrected chi connectivity index (χ2v) is 11.7. The average molecular weight is 523 g/mol. The molecule has 0 spiro atoms. The number of halogens is 3. The first-order valence-electron chi connectivity index (χ1n) is 11.6. The van der Waals surface area contributed by atoms with E-state index >= 15 is 0 Å². The molecule has 2 aliphatic heterocycles. The third kappa shape index (κ3) is 4.73. The summed E-state index contributed by atoms with van der Waals surface area (Å²) in [5.41, 5.74) is -0.0494. The summed E-state index contributed by atoms with van der Waals surface area (Å²) in [6.45, 7) is 0.728. The van der Waals surface area contributed by atoms with Crippen LogP contribution in [-0.2, 0) is 25.5 Å². The zero-order valence-electron chi connectivity index (χ0n) is 19.4. The Morgan fingerprint density at radius 2 is 1.78 bits per heavy atom. The standard InChI is InChI=1S/C25H25F3N2O5S/c1-36(33,34)19-4-2-3-15(9-19)24(32)30-20-10-16(20)11-21(30)23(31)29-22(17-12-35-13-17)14-5-7-18(8-6-14)25(26,27)28/h2-9,16-17,20-22H,10-13H2,1H3,(H,29,31)/t16-,20-,21-,22?/m1/s1. The number of carbonyl (C=O) groups is 2. The van der Waals surface area contributed by atoms with E-state index in [1.54, 1.807) is 0 Å². The van der Waals surface area contributed by atoms with Crippen molar-refractivity contribution in [1.82, 2.24) is 10.2 Å². The van der Waals surface area contributed by atoms with Crippen molar-refractivity contribution in [2.75, 3.05) is 19.5 Å². The van der Waals surface area contributed by atoms with Gasteiger partial charge in [0.2, 0.25) is 5.91 Å². The summed E-state index contributed by atoms with van der Waals surface area (Å²) >= 11 is 0. The molecule has 5 rings (SSSR count). The van der Waals surface area contributed by atoms with Gasteiger partial charge in [-0.15, -0.1) is 0 Å². The van der Waals surface area contributed by atoms with Gasteiger partial charge in [-0.1, -0.05) is 18.2 Å². The van der Waals surface area contributed by atoms with Crippen molar-refractivity contribution in [2.45, 2.75) is 42.0 Å². The first-order chi connectivity index (χ1) is 16.9. The summed E-state index contributed by atoms with van der Waals surface area (Å²) in [7, 11) is -3.51. The molecule has 1 N–H and O–H groups in total. The van der Waals surface area contributed by atoms with E-state index in [0.29, 0.717) is 25.2 Å². The molecule has 3 aliphatic rings. The number of sulfone groups is 1. The number of hydrogen-bond donors (Lipinski definition) is 1. The molecule has 2 amide bonds. The lowest BCUT2D eigenvalue weighted by Gasteiger charge is -2.36. The number of alkyl halides is 3. The molecule has 0 aromatic heterocycles. The van der Waals surface area contributed by atoms with Crippen LogP contribution in [0.5, 0.6) is 0 Å². The van der Waals surface area contributed by atoms with Crippen LogP contribution in [0.3, 0.4) is 0 Å². The van der Waals surface area contributed by atoms with E-state index in [0.717, 1.165) is 24.8 Å². The third-order valence-electron chi connectivity index (χ3n) is 7.18. The van der Waals surface area contributed by atoms with E-state index in [1.165, 1.54) is 41.3 Å². The molecule has 4 atom stereocenters. The van der Waals surface area contributed by atoms with Crippen LogP contribution in [0, 0.1) is 11.8 Å². The van der Waals surface area contributed by atoms with Crippen molar-refractivity contribution < 1.29 is 35.9 Å². The first kappa shape index (κ1) is 24.8. The number of nitrogens with one attached hydrogen (secondary N) is 1. The largest absolute Gasteiger partial charge is 0.416 e. The molecule has 11 heteroatoms. The van der Waals surface area contributed by atoms with Crippen molar-refractivity contribution in [2.24, 2.45) is 11.8 Å². The van der Waals surface area contributed by atoms with E-state index in [-0.39, 0.29) is 34.2 Å². The Bertz CT molecular complexity index is 1290. The summed E-state index contributed by atoms with van der Waals surface area (Å²) in [4.78, 5) is 28.4. The van der Waals surface area contributed by atoms with Gasteiger partial charge in [0, 0.05) is 23.8 Å². The van der Waals surface area contributed by atoms with Crippen molar-refractivity contribution in [3.63, 3.8) is 0 Å². The van der Waals surface area contributed by atoms with Gasteiger partial charge in [-0.25, -0.2) is 8.42 Å². The van der Waals surface area contributed by atoms with Gasteiger partial charge in [0.25, 0.3) is 5.91 Å². The zero-order chi connectivity index (χ0) is 25.8. The minimum atomic E-state index is -4.46. The molecule has 3 fully saturated rings. The van der Waals surface area contributed by atoms with Crippen molar-refractivity contribution >= 4 is 21.7 Å². The van der Waals surface area contributed by atoms with Crippen LogP contribution < -0.4 is 5.32 Å². The Kier molecular flexibility index (Phi) is 6.11. The number of hydrogen-bond acceptors (Lipinski definition) is 5. The highest BCUT2D eigenvalue weighted by atomic mass is 32.2. The van der Waals surface area contributed by atoms with Crippen molar-refractivity contribution in [3.05, 3.63) is 65.2 Å². The van der Waals surface area contributed by atoms with E-state index in [4.69, 9.17) is 4.74 Å². The number of ether oxygens (including phenoxy) is 1. The molecule has 0 radical (unpaired) electrons. The maximum Gasteiger partial charge on any atom is 0.416 e. The van der Waals surface area contributed by atoms with Crippen LogP contribution in [0.2, 0.25) is 0 Å². The lowest BCUT2D eigenvalue weighted by molar-refractivity contribution is -0.137. The number of likely N-dealkylation sites (tertiary alicyclic amines) is 1. The molecule has 36 heavy (non-hydrogen) atoms. The SMILES string of the molecule is CS(=O)(=O)c1cccc(C(=O)N2[C@@H](C(=O)NC(c3ccc(C(F)(F)F)cc3)C3COC3)C[C@H]3C[C@H]32)c1. The highest BCUT2D eigenvalue weighted by Crippen LogP contribution is 2.48. The van der Waals surface area contributed by atoms with Gasteiger partial charge in [-0.05, 0) is 54.7 Å². The molecule has 192 valence electrons. The van der Waals surface area contributed by atoms with Crippen LogP contribution in [0.15, 0.2) is 53.4 Å². The molecule has 2 heterocycles. The smallest absolute Gasteiger partial charge is 0.381 e. The summed E-state index contributed by atoms with van der Waals surface area (Å²) in [5, 5.41) is 2.96. The van der Waals surface area contributed by atoms with Crippen LogP contribution in [0.4, 0.5) is 13.2 Å². The highest BCUT2D eigenvalue weighted by molar-refractivity contribution is 7.90. The minimum Gasteiger partial charge on any atom is -0.381 e. The summed E-state index contributed by atoms with van der Waals surface area (Å²) < 4.78 is 68.1. The lowest BCUT2D eigenvalue weighted by Crippen LogP contribution is -2.51. The van der Waals surface area contributed by atoms with E-state index < -0.39 is 39.6 Å². The zero-order valence-corrected chi connectivity index (χ0v) is 20.2. The molecule has 0 bridgehead atoms. The number of rotatable bonds is 6. The molecule has 2 aromatic rings. The third-order valence-corrected chi connectivity index (χ3v) is 8.29. The minimum absolute atomic E-state index is 0.0215. The molecule has 1 unspecified atom stereocenters. The fraction of sp³-hybridized carbons (Fsp3) is 0.440. The van der Waals surface area contributed by atoms with Crippen LogP contribution in [0.25, 0.3) is 0 Å². The Balaban J connectivity index is 1.37. The molecule has 2 aromatic carbocycles. The van der Waals surface area contributed by atoms with Crippen molar-refractivity contribution in [1.29, 1.82) is 0 Å². The van der Waals surface area contributed by atoms with Gasteiger partial charge in [0.1, 0.15) is 6.04 Å². The summed E-state index contributed by atoms with van der Waals surface area (Å²) in [6, 6.07) is 9.05. The molecule has 2 saturated heterocycles. The maximum atomic E-state index is 13.4. The van der Waals surface area contributed by atoms with E-state index in [9.17, 15) is 31.2 Å². The predicted molar refractivity (Wildman–Crippen MR) is 123 cm³/mol. The van der Waals surface area contributed by atoms with Gasteiger partial charge in [0.15, 0.2) is 9.84 Å². The number of piperidine rings is 1. The highest BCUT2D eigenvalue weighted by Gasteiger charge is 2.56. The summed E-state index contributed by atoms with van der Waals surface area (Å²) in [5.74, 6) is -0.702. The monoisotopic (exact) mass is 522 g/mol. The quantitative estimate of drug-likeness (QED) is 0.629. The normalized spacial score (nSPS) is 24.6. The van der Waals surface area contributed by atoms with Gasteiger partial charge in [-0.2, -0.15) is 13.2 Å². The number of fused-ring (bicyclic) bond motifs is 1. The van der Waals surface area contributed by atoms with Gasteiger partial charge >= 0.3 is 6.18 Å². The number of amides is 2. The number of carbonyl (C=O) groups excluding carboxylic acids is 2. The Morgan fingerprint density at radius 3 is 2.36 bits per heavy atom. The molecular formula is C25H25F3N2O5S. The second kappa shape index (κ2) is 8.88.